The Kier molecular flexibility index (Phi) is 5.36. The number of carbonyl (C=O) groups excluding carboxylic acids is 1. The minimum Gasteiger partial charge on any atom is -0.494 e. The number of hydrogen-bond acceptors (Lipinski definition) is 4. The highest BCUT2D eigenvalue weighted by atomic mass is 35.5. The number of benzene rings is 2. The van der Waals surface area contributed by atoms with Crippen LogP contribution in [0, 0.1) is 0 Å². The predicted octanol–water partition coefficient (Wildman–Crippen LogP) is 5.11. The molecule has 0 aliphatic carbocycles. The topological polar surface area (TPSA) is 50.7 Å². The van der Waals surface area contributed by atoms with Gasteiger partial charge in [-0.1, -0.05) is 29.8 Å². The molecule has 1 heterocycles. The molecule has 0 bridgehead atoms. The number of rotatable bonds is 5. The zero-order valence-corrected chi connectivity index (χ0v) is 15.4. The van der Waals surface area contributed by atoms with Gasteiger partial charge in [0.15, 0.2) is 0 Å². The zero-order valence-electron chi connectivity index (χ0n) is 13.9. The van der Waals surface area contributed by atoms with Crippen molar-refractivity contribution in [3.05, 3.63) is 64.0 Å². The third-order valence-electron chi connectivity index (χ3n) is 3.65. The molecule has 6 heteroatoms. The van der Waals surface area contributed by atoms with Crippen molar-refractivity contribution in [2.75, 3.05) is 6.61 Å². The number of nitrogens with one attached hydrogen (secondary N) is 1. The Morgan fingerprint density at radius 2 is 1.92 bits per heavy atom. The molecular weight excluding hydrogens is 356 g/mol. The lowest BCUT2D eigenvalue weighted by molar-refractivity contribution is 0.0959. The van der Waals surface area contributed by atoms with Crippen LogP contribution < -0.4 is 10.2 Å². The van der Waals surface area contributed by atoms with E-state index in [1.54, 1.807) is 0 Å². The van der Waals surface area contributed by atoms with E-state index >= 15 is 0 Å². The standard InChI is InChI=1S/C19H17ClN2O2S/c1-3-24-14-10-8-13(9-11-14)12(2)21-22-19(23)18-17(20)15-6-4-5-7-16(15)25-18/h4-11H,3H2,1-2H3,(H,22,23). The molecule has 3 aromatic rings. The summed E-state index contributed by atoms with van der Waals surface area (Å²) in [6.07, 6.45) is 0. The van der Waals surface area contributed by atoms with E-state index in [-0.39, 0.29) is 5.91 Å². The fraction of sp³-hybridized carbons (Fsp3) is 0.158. The fourth-order valence-corrected chi connectivity index (χ4v) is 3.78. The smallest absolute Gasteiger partial charge is 0.283 e. The highest BCUT2D eigenvalue weighted by molar-refractivity contribution is 7.21. The molecule has 0 saturated heterocycles. The third kappa shape index (κ3) is 3.83. The number of hydrazone groups is 1. The molecule has 0 aliphatic rings. The summed E-state index contributed by atoms with van der Waals surface area (Å²) in [4.78, 5) is 12.9. The number of hydrogen-bond donors (Lipinski definition) is 1. The predicted molar refractivity (Wildman–Crippen MR) is 104 cm³/mol. The molecule has 0 unspecified atom stereocenters. The Morgan fingerprint density at radius 3 is 2.60 bits per heavy atom. The Bertz CT molecular complexity index is 932. The third-order valence-corrected chi connectivity index (χ3v) is 5.32. The van der Waals surface area contributed by atoms with Gasteiger partial charge in [0.05, 0.1) is 17.3 Å². The molecule has 0 saturated carbocycles. The van der Waals surface area contributed by atoms with E-state index in [1.165, 1.54) is 11.3 Å². The van der Waals surface area contributed by atoms with Gasteiger partial charge in [-0.2, -0.15) is 5.10 Å². The molecule has 1 aromatic heterocycles. The molecule has 0 radical (unpaired) electrons. The summed E-state index contributed by atoms with van der Waals surface area (Å²) in [5, 5.41) is 5.53. The Hall–Kier alpha value is -2.37. The van der Waals surface area contributed by atoms with Crippen molar-refractivity contribution in [2.24, 2.45) is 5.10 Å². The van der Waals surface area contributed by atoms with Crippen LogP contribution in [0.2, 0.25) is 5.02 Å². The lowest BCUT2D eigenvalue weighted by atomic mass is 10.1. The largest absolute Gasteiger partial charge is 0.494 e. The van der Waals surface area contributed by atoms with Crippen molar-refractivity contribution < 1.29 is 9.53 Å². The van der Waals surface area contributed by atoms with Crippen molar-refractivity contribution in [1.29, 1.82) is 0 Å². The van der Waals surface area contributed by atoms with E-state index in [2.05, 4.69) is 10.5 Å². The van der Waals surface area contributed by atoms with E-state index in [4.69, 9.17) is 16.3 Å². The maximum atomic E-state index is 12.4. The number of fused-ring (bicyclic) bond motifs is 1. The summed E-state index contributed by atoms with van der Waals surface area (Å²) < 4.78 is 6.39. The van der Waals surface area contributed by atoms with Crippen LogP contribution in [0.3, 0.4) is 0 Å². The van der Waals surface area contributed by atoms with E-state index in [1.807, 2.05) is 62.4 Å². The molecule has 1 amide bonds. The first-order chi connectivity index (χ1) is 12.1. The molecule has 4 nitrogen and oxygen atoms in total. The summed E-state index contributed by atoms with van der Waals surface area (Å²) in [5.74, 6) is 0.497. The highest BCUT2D eigenvalue weighted by Crippen LogP contribution is 2.34. The van der Waals surface area contributed by atoms with Gasteiger partial charge in [-0.3, -0.25) is 4.79 Å². The Morgan fingerprint density at radius 1 is 1.20 bits per heavy atom. The number of amides is 1. The van der Waals surface area contributed by atoms with Gasteiger partial charge in [0.1, 0.15) is 10.6 Å². The molecule has 128 valence electrons. The molecule has 0 spiro atoms. The number of nitrogens with zero attached hydrogens (tertiary/aromatic N) is 1. The number of thiophene rings is 1. The van der Waals surface area contributed by atoms with E-state index < -0.39 is 0 Å². The first-order valence-corrected chi connectivity index (χ1v) is 9.04. The summed E-state index contributed by atoms with van der Waals surface area (Å²) >= 11 is 7.68. The number of ether oxygens (including phenoxy) is 1. The van der Waals surface area contributed by atoms with E-state index in [9.17, 15) is 4.79 Å². The van der Waals surface area contributed by atoms with Crippen LogP contribution in [0.4, 0.5) is 0 Å². The Balaban J connectivity index is 1.75. The van der Waals surface area contributed by atoms with Crippen LogP contribution in [0.15, 0.2) is 53.6 Å². The summed E-state index contributed by atoms with van der Waals surface area (Å²) in [7, 11) is 0. The normalized spacial score (nSPS) is 11.6. The SMILES string of the molecule is CCOc1ccc(C(C)=NNC(=O)c2sc3ccccc3c2Cl)cc1. The van der Waals surface area contributed by atoms with Gasteiger partial charge < -0.3 is 4.74 Å². The van der Waals surface area contributed by atoms with Crippen LogP contribution in [-0.4, -0.2) is 18.2 Å². The first kappa shape index (κ1) is 17.5. The summed E-state index contributed by atoms with van der Waals surface area (Å²) in [6, 6.07) is 15.2. The van der Waals surface area contributed by atoms with Crippen LogP contribution >= 0.6 is 22.9 Å². The summed E-state index contributed by atoms with van der Waals surface area (Å²) in [6.45, 7) is 4.40. The van der Waals surface area contributed by atoms with Crippen LogP contribution in [0.1, 0.15) is 29.1 Å². The van der Waals surface area contributed by atoms with Crippen molar-refractivity contribution in [3.8, 4) is 5.75 Å². The van der Waals surface area contributed by atoms with Crippen LogP contribution in [0.5, 0.6) is 5.75 Å². The van der Waals surface area contributed by atoms with Gasteiger partial charge in [-0.05, 0) is 49.7 Å². The van der Waals surface area contributed by atoms with Crippen molar-refractivity contribution in [3.63, 3.8) is 0 Å². The molecule has 25 heavy (non-hydrogen) atoms. The molecule has 2 aromatic carbocycles. The molecule has 0 fully saturated rings. The minimum atomic E-state index is -0.309. The van der Waals surface area contributed by atoms with Crippen molar-refractivity contribution in [2.45, 2.75) is 13.8 Å². The van der Waals surface area contributed by atoms with E-state index in [0.29, 0.717) is 22.2 Å². The minimum absolute atomic E-state index is 0.309. The number of halogens is 1. The maximum absolute atomic E-state index is 12.4. The fourth-order valence-electron chi connectivity index (χ4n) is 2.37. The highest BCUT2D eigenvalue weighted by Gasteiger charge is 2.16. The molecule has 0 aliphatic heterocycles. The van der Waals surface area contributed by atoms with Gasteiger partial charge in [0.25, 0.3) is 5.91 Å². The quantitative estimate of drug-likeness (QED) is 0.500. The molecule has 1 N–H and O–H groups in total. The zero-order chi connectivity index (χ0) is 17.8. The van der Waals surface area contributed by atoms with Gasteiger partial charge >= 0.3 is 0 Å². The lowest BCUT2D eigenvalue weighted by Gasteiger charge is -2.05. The Labute approximate surface area is 155 Å². The monoisotopic (exact) mass is 372 g/mol. The molecular formula is C19H17ClN2O2S. The summed E-state index contributed by atoms with van der Waals surface area (Å²) in [5.41, 5.74) is 4.19. The lowest BCUT2D eigenvalue weighted by Crippen LogP contribution is -2.18. The second kappa shape index (κ2) is 7.68. The van der Waals surface area contributed by atoms with Gasteiger partial charge in [0, 0.05) is 10.1 Å². The second-order valence-corrected chi connectivity index (χ2v) is 6.77. The molecule has 0 atom stereocenters. The van der Waals surface area contributed by atoms with E-state index in [0.717, 1.165) is 21.4 Å². The second-order valence-electron chi connectivity index (χ2n) is 5.34. The van der Waals surface area contributed by atoms with Gasteiger partial charge in [-0.15, -0.1) is 11.3 Å². The maximum Gasteiger partial charge on any atom is 0.283 e. The first-order valence-electron chi connectivity index (χ1n) is 7.85. The average molecular weight is 373 g/mol. The average Bonchev–Trinajstić information content (AvgIpc) is 2.97. The number of carbonyl (C=O) groups is 1. The van der Waals surface area contributed by atoms with Gasteiger partial charge in [-0.25, -0.2) is 5.43 Å². The van der Waals surface area contributed by atoms with Crippen LogP contribution in [0.25, 0.3) is 10.1 Å². The van der Waals surface area contributed by atoms with Crippen LogP contribution in [-0.2, 0) is 0 Å². The van der Waals surface area contributed by atoms with Crippen molar-refractivity contribution in [1.82, 2.24) is 5.43 Å². The molecule has 3 rings (SSSR count). The van der Waals surface area contributed by atoms with Crippen molar-refractivity contribution >= 4 is 44.6 Å². The van der Waals surface area contributed by atoms with Gasteiger partial charge in [0.2, 0.25) is 0 Å².